The Morgan fingerprint density at radius 3 is 2.69 bits per heavy atom. The number of amidine groups is 1. The molecule has 4 nitrogen and oxygen atoms in total. The zero-order chi connectivity index (χ0) is 10.1. The Morgan fingerprint density at radius 1 is 1.46 bits per heavy atom. The van der Waals surface area contributed by atoms with E-state index in [2.05, 4.69) is 11.9 Å². The summed E-state index contributed by atoms with van der Waals surface area (Å²) < 4.78 is 5.22. The molecular formula is C9H21N3O. The van der Waals surface area contributed by atoms with Gasteiger partial charge in [0.2, 0.25) is 0 Å². The second-order valence-electron chi connectivity index (χ2n) is 3.13. The number of nitrogens with one attached hydrogen (secondary N) is 1. The maximum absolute atomic E-state index is 7.04. The highest BCUT2D eigenvalue weighted by molar-refractivity contribution is 5.76. The number of hydrogen-bond acceptors (Lipinski definition) is 3. The number of hydrogen-bond donors (Lipinski definition) is 2. The van der Waals surface area contributed by atoms with Crippen LogP contribution < -0.4 is 5.73 Å². The molecule has 13 heavy (non-hydrogen) atoms. The highest BCUT2D eigenvalue weighted by Crippen LogP contribution is 1.92. The largest absolute Gasteiger partial charge is 0.388 e. The number of nitrogens with zero attached hydrogens (tertiary/aromatic N) is 1. The maximum Gasteiger partial charge on any atom is 0.0905 e. The van der Waals surface area contributed by atoms with E-state index in [0.29, 0.717) is 6.42 Å². The second kappa shape index (κ2) is 8.01. The van der Waals surface area contributed by atoms with E-state index in [1.807, 2.05) is 6.92 Å². The first kappa shape index (κ1) is 12.4. The molecule has 0 saturated carbocycles. The van der Waals surface area contributed by atoms with Crippen LogP contribution in [-0.4, -0.2) is 44.1 Å². The lowest BCUT2D eigenvalue weighted by atomic mass is 10.3. The average molecular weight is 187 g/mol. The van der Waals surface area contributed by atoms with Gasteiger partial charge in [-0.15, -0.1) is 0 Å². The molecule has 0 aromatic heterocycles. The van der Waals surface area contributed by atoms with E-state index in [1.54, 1.807) is 0 Å². The minimum Gasteiger partial charge on any atom is -0.388 e. The van der Waals surface area contributed by atoms with Gasteiger partial charge in [-0.05, 0) is 26.9 Å². The van der Waals surface area contributed by atoms with Crippen LogP contribution in [0.25, 0.3) is 0 Å². The molecule has 0 fully saturated rings. The smallest absolute Gasteiger partial charge is 0.0905 e. The Labute approximate surface area is 80.6 Å². The summed E-state index contributed by atoms with van der Waals surface area (Å²) in [4.78, 5) is 2.19. The second-order valence-corrected chi connectivity index (χ2v) is 3.13. The molecule has 0 atom stereocenters. The van der Waals surface area contributed by atoms with Crippen LogP contribution in [0.5, 0.6) is 0 Å². The van der Waals surface area contributed by atoms with Crippen LogP contribution in [0.4, 0.5) is 0 Å². The topological polar surface area (TPSA) is 62.3 Å². The standard InChI is InChI=1S/C9H21N3O/c1-3-13-8-7-12(2)6-4-5-9(10)11/h3-8H2,1-2H3,(H3,10,11). The van der Waals surface area contributed by atoms with E-state index < -0.39 is 0 Å². The van der Waals surface area contributed by atoms with Crippen molar-refractivity contribution in [1.82, 2.24) is 4.90 Å². The Hall–Kier alpha value is -0.610. The van der Waals surface area contributed by atoms with Crippen molar-refractivity contribution in [2.24, 2.45) is 5.73 Å². The molecule has 0 heterocycles. The van der Waals surface area contributed by atoms with Crippen LogP contribution in [0.15, 0.2) is 0 Å². The van der Waals surface area contributed by atoms with Crippen LogP contribution in [0, 0.1) is 5.41 Å². The van der Waals surface area contributed by atoms with Gasteiger partial charge >= 0.3 is 0 Å². The Morgan fingerprint density at radius 2 is 2.15 bits per heavy atom. The molecular weight excluding hydrogens is 166 g/mol. The molecule has 0 unspecified atom stereocenters. The first-order chi connectivity index (χ1) is 6.16. The first-order valence-electron chi connectivity index (χ1n) is 4.76. The van der Waals surface area contributed by atoms with Gasteiger partial charge < -0.3 is 15.4 Å². The molecule has 4 heteroatoms. The van der Waals surface area contributed by atoms with Gasteiger partial charge in [-0.3, -0.25) is 5.41 Å². The van der Waals surface area contributed by atoms with Crippen molar-refractivity contribution in [2.45, 2.75) is 19.8 Å². The van der Waals surface area contributed by atoms with Crippen LogP contribution in [0.3, 0.4) is 0 Å². The van der Waals surface area contributed by atoms with E-state index in [9.17, 15) is 0 Å². The van der Waals surface area contributed by atoms with Gasteiger partial charge in [-0.25, -0.2) is 0 Å². The highest BCUT2D eigenvalue weighted by atomic mass is 16.5. The fourth-order valence-corrected chi connectivity index (χ4v) is 1.02. The fourth-order valence-electron chi connectivity index (χ4n) is 1.02. The molecule has 78 valence electrons. The minimum atomic E-state index is 0.276. The minimum absolute atomic E-state index is 0.276. The van der Waals surface area contributed by atoms with Crippen molar-refractivity contribution in [3.63, 3.8) is 0 Å². The van der Waals surface area contributed by atoms with E-state index in [0.717, 1.165) is 32.7 Å². The Balaban J connectivity index is 3.19. The summed E-state index contributed by atoms with van der Waals surface area (Å²) in [5.41, 5.74) is 5.24. The fraction of sp³-hybridized carbons (Fsp3) is 0.889. The van der Waals surface area contributed by atoms with E-state index >= 15 is 0 Å². The molecule has 0 aliphatic heterocycles. The van der Waals surface area contributed by atoms with Gasteiger partial charge in [0, 0.05) is 19.6 Å². The number of likely N-dealkylation sites (N-methyl/N-ethyl adjacent to an activating group) is 1. The van der Waals surface area contributed by atoms with Gasteiger partial charge in [0.15, 0.2) is 0 Å². The summed E-state index contributed by atoms with van der Waals surface area (Å²) in [5.74, 6) is 0.276. The van der Waals surface area contributed by atoms with Crippen LogP contribution >= 0.6 is 0 Å². The Kier molecular flexibility index (Phi) is 7.63. The summed E-state index contributed by atoms with van der Waals surface area (Å²) in [6.07, 6.45) is 1.65. The first-order valence-corrected chi connectivity index (χ1v) is 4.76. The van der Waals surface area contributed by atoms with Crippen molar-refractivity contribution in [3.8, 4) is 0 Å². The lowest BCUT2D eigenvalue weighted by Crippen LogP contribution is -2.25. The normalized spacial score (nSPS) is 10.7. The van der Waals surface area contributed by atoms with Crippen molar-refractivity contribution in [2.75, 3.05) is 33.4 Å². The Bertz CT molecular complexity index is 139. The van der Waals surface area contributed by atoms with Crippen LogP contribution in [0.2, 0.25) is 0 Å². The monoisotopic (exact) mass is 187 g/mol. The number of nitrogens with two attached hydrogens (primary N) is 1. The summed E-state index contributed by atoms with van der Waals surface area (Å²) in [6.45, 7) is 5.49. The lowest BCUT2D eigenvalue weighted by molar-refractivity contribution is 0.122. The molecule has 0 spiro atoms. The molecule has 0 saturated heterocycles. The van der Waals surface area contributed by atoms with Crippen LogP contribution in [0.1, 0.15) is 19.8 Å². The highest BCUT2D eigenvalue weighted by Gasteiger charge is 1.98. The number of rotatable bonds is 8. The van der Waals surface area contributed by atoms with E-state index in [4.69, 9.17) is 15.9 Å². The van der Waals surface area contributed by atoms with Crippen LogP contribution in [-0.2, 0) is 4.74 Å². The van der Waals surface area contributed by atoms with E-state index in [1.165, 1.54) is 0 Å². The van der Waals surface area contributed by atoms with Gasteiger partial charge in [0.05, 0.1) is 12.4 Å². The zero-order valence-corrected chi connectivity index (χ0v) is 8.68. The molecule has 0 amide bonds. The third kappa shape index (κ3) is 9.30. The lowest BCUT2D eigenvalue weighted by Gasteiger charge is -2.15. The van der Waals surface area contributed by atoms with Crippen molar-refractivity contribution in [3.05, 3.63) is 0 Å². The maximum atomic E-state index is 7.04. The third-order valence-corrected chi connectivity index (χ3v) is 1.81. The molecule has 0 aromatic rings. The predicted molar refractivity (Wildman–Crippen MR) is 55.1 cm³/mol. The molecule has 0 aromatic carbocycles. The van der Waals surface area contributed by atoms with Crippen molar-refractivity contribution in [1.29, 1.82) is 5.41 Å². The molecule has 0 aliphatic rings. The van der Waals surface area contributed by atoms with Gasteiger partial charge in [-0.1, -0.05) is 0 Å². The summed E-state index contributed by atoms with van der Waals surface area (Å²) in [6, 6.07) is 0. The van der Waals surface area contributed by atoms with Gasteiger partial charge in [-0.2, -0.15) is 0 Å². The zero-order valence-electron chi connectivity index (χ0n) is 8.68. The van der Waals surface area contributed by atoms with Crippen molar-refractivity contribution >= 4 is 5.84 Å². The molecule has 0 bridgehead atoms. The number of ether oxygens (including phenoxy) is 1. The average Bonchev–Trinajstić information content (AvgIpc) is 2.04. The molecule has 0 radical (unpaired) electrons. The molecule has 3 N–H and O–H groups in total. The quantitative estimate of drug-likeness (QED) is 0.333. The van der Waals surface area contributed by atoms with Gasteiger partial charge in [0.25, 0.3) is 0 Å². The van der Waals surface area contributed by atoms with Crippen molar-refractivity contribution < 1.29 is 4.74 Å². The predicted octanol–water partition coefficient (Wildman–Crippen LogP) is 0.671. The van der Waals surface area contributed by atoms with Gasteiger partial charge in [0.1, 0.15) is 0 Å². The summed E-state index contributed by atoms with van der Waals surface area (Å²) in [7, 11) is 2.05. The summed E-state index contributed by atoms with van der Waals surface area (Å²) >= 11 is 0. The third-order valence-electron chi connectivity index (χ3n) is 1.81. The molecule has 0 aliphatic carbocycles. The molecule has 0 rings (SSSR count). The summed E-state index contributed by atoms with van der Waals surface area (Å²) in [5, 5.41) is 7.04. The SMILES string of the molecule is CCOCCN(C)CCCC(=N)N. The van der Waals surface area contributed by atoms with E-state index in [-0.39, 0.29) is 5.84 Å².